The average Bonchev–Trinajstić information content (AvgIpc) is 3.49. The predicted molar refractivity (Wildman–Crippen MR) is 144 cm³/mol. The quantitative estimate of drug-likeness (QED) is 0.324. The zero-order valence-electron chi connectivity index (χ0n) is 23.5. The lowest BCUT2D eigenvalue weighted by Crippen LogP contribution is -2.71. The van der Waals surface area contributed by atoms with Gasteiger partial charge in [0.2, 0.25) is 11.8 Å². The summed E-state index contributed by atoms with van der Waals surface area (Å²) in [4.78, 5) is 46.5. The molecule has 2 fully saturated rings. The maximum atomic E-state index is 13.7. The highest BCUT2D eigenvalue weighted by Gasteiger charge is 2.49. The van der Waals surface area contributed by atoms with Gasteiger partial charge < -0.3 is 14.5 Å². The van der Waals surface area contributed by atoms with Crippen LogP contribution in [0.2, 0.25) is 0 Å². The molecule has 3 aliphatic heterocycles. The minimum atomic E-state index is -5.05. The lowest BCUT2D eigenvalue weighted by molar-refractivity contribution is -0.169. The molecular weight excluding hydrogens is 594 g/mol. The largest absolute Gasteiger partial charge is 0.444 e. The molecule has 0 spiro atoms. The number of rotatable bonds is 7. The molecule has 14 heteroatoms. The number of benzene rings is 2. The molecule has 2 aromatic rings. The van der Waals surface area contributed by atoms with E-state index in [1.54, 1.807) is 4.90 Å². The van der Waals surface area contributed by atoms with Gasteiger partial charge in [-0.05, 0) is 35.7 Å². The summed E-state index contributed by atoms with van der Waals surface area (Å²) >= 11 is 0. The van der Waals surface area contributed by atoms with Gasteiger partial charge in [-0.3, -0.25) is 19.4 Å². The van der Waals surface area contributed by atoms with Gasteiger partial charge in [-0.2, -0.15) is 26.3 Å². The number of hydrogen-bond acceptors (Lipinski definition) is 5. The van der Waals surface area contributed by atoms with Gasteiger partial charge in [0, 0.05) is 39.1 Å². The van der Waals surface area contributed by atoms with Crippen LogP contribution in [0.3, 0.4) is 0 Å². The number of nitrogens with zero attached hydrogens (tertiary/aromatic N) is 4. The van der Waals surface area contributed by atoms with Crippen LogP contribution >= 0.6 is 0 Å². The Balaban J connectivity index is 1.37. The fraction of sp³-hybridized carbons (Fsp3) is 0.433. The van der Waals surface area contributed by atoms with Crippen molar-refractivity contribution in [1.82, 2.24) is 19.6 Å². The lowest BCUT2D eigenvalue weighted by Gasteiger charge is -2.52. The van der Waals surface area contributed by atoms with Gasteiger partial charge in [0.25, 0.3) is 0 Å². The predicted octanol–water partition coefficient (Wildman–Crippen LogP) is 4.89. The lowest BCUT2D eigenvalue weighted by atomic mass is 10.0. The molecule has 5 rings (SSSR count). The summed E-state index contributed by atoms with van der Waals surface area (Å²) in [6, 6.07) is 9.27. The second-order valence-electron chi connectivity index (χ2n) is 10.9. The number of amides is 3. The Bertz CT molecular complexity index is 1370. The summed E-state index contributed by atoms with van der Waals surface area (Å²) in [5.41, 5.74) is -2.71. The highest BCUT2D eigenvalue weighted by Crippen LogP contribution is 2.37. The third kappa shape index (κ3) is 7.01. The molecular formula is C30H30F6N4O4. The molecule has 0 saturated carbocycles. The number of ether oxygens (including phenoxy) is 1. The van der Waals surface area contributed by atoms with Crippen LogP contribution in [0.4, 0.5) is 31.1 Å². The molecule has 8 nitrogen and oxygen atoms in total. The van der Waals surface area contributed by atoms with Crippen LogP contribution in [0.15, 0.2) is 60.7 Å². The summed E-state index contributed by atoms with van der Waals surface area (Å²) in [7, 11) is 0. The monoisotopic (exact) mass is 624 g/mol. The van der Waals surface area contributed by atoms with Gasteiger partial charge in [-0.1, -0.05) is 42.5 Å². The summed E-state index contributed by atoms with van der Waals surface area (Å²) < 4.78 is 85.1. The zero-order chi connectivity index (χ0) is 31.6. The van der Waals surface area contributed by atoms with E-state index >= 15 is 0 Å². The second kappa shape index (κ2) is 12.5. The smallest absolute Gasteiger partial charge is 0.416 e. The molecule has 236 valence electrons. The number of carbonyl (C=O) groups is 3. The standard InChI is InChI=1S/C30H30F6N4O4/c31-29(32,33)22-14-21(15-23(16-22)30(34,35)36)19-44-28(43)39-13-9-26(41)40-24(8-12-37-10-4-5-11-37)27(42)38(18-25(39)40)17-20-6-2-1-3-7-20/h1-7,14-16,24-25H,8-13,17-19H2/t24-,25+/m0/s1. The van der Waals surface area contributed by atoms with Crippen molar-refractivity contribution in [2.75, 3.05) is 32.7 Å². The maximum Gasteiger partial charge on any atom is 0.416 e. The van der Waals surface area contributed by atoms with Crippen LogP contribution in [0, 0.1) is 0 Å². The first-order valence-electron chi connectivity index (χ1n) is 14.0. The van der Waals surface area contributed by atoms with Crippen LogP contribution in [0.5, 0.6) is 0 Å². The van der Waals surface area contributed by atoms with Gasteiger partial charge in [-0.15, -0.1) is 0 Å². The van der Waals surface area contributed by atoms with Crippen LogP contribution in [0.1, 0.15) is 35.1 Å². The van der Waals surface area contributed by atoms with E-state index in [0.717, 1.165) is 5.56 Å². The third-order valence-electron chi connectivity index (χ3n) is 7.92. The highest BCUT2D eigenvalue weighted by molar-refractivity contribution is 5.90. The van der Waals surface area contributed by atoms with E-state index in [1.165, 1.54) is 9.80 Å². The number of hydrogen-bond donors (Lipinski definition) is 0. The van der Waals surface area contributed by atoms with Crippen molar-refractivity contribution in [2.24, 2.45) is 0 Å². The van der Waals surface area contributed by atoms with Crippen LogP contribution in [-0.2, 0) is 39.8 Å². The van der Waals surface area contributed by atoms with E-state index in [4.69, 9.17) is 4.74 Å². The van der Waals surface area contributed by atoms with E-state index in [-0.39, 0.29) is 43.9 Å². The highest BCUT2D eigenvalue weighted by atomic mass is 19.4. The molecule has 2 saturated heterocycles. The van der Waals surface area contributed by atoms with Crippen LogP contribution < -0.4 is 0 Å². The zero-order valence-corrected chi connectivity index (χ0v) is 23.5. The minimum absolute atomic E-state index is 0.00183. The van der Waals surface area contributed by atoms with Crippen LogP contribution in [-0.4, -0.2) is 82.4 Å². The van der Waals surface area contributed by atoms with Gasteiger partial charge in [0.1, 0.15) is 18.8 Å². The average molecular weight is 625 g/mol. The molecule has 0 N–H and O–H groups in total. The van der Waals surface area contributed by atoms with Gasteiger partial charge >= 0.3 is 18.4 Å². The second-order valence-corrected chi connectivity index (χ2v) is 10.9. The number of alkyl halides is 6. The summed E-state index contributed by atoms with van der Waals surface area (Å²) in [5, 5.41) is 0. The van der Waals surface area contributed by atoms with Crippen molar-refractivity contribution >= 4 is 17.9 Å². The molecule has 0 unspecified atom stereocenters. The normalized spacial score (nSPS) is 21.2. The summed E-state index contributed by atoms with van der Waals surface area (Å²) in [6.07, 6.45) is -7.87. The minimum Gasteiger partial charge on any atom is -0.444 e. The Hall–Kier alpha value is -4.07. The molecule has 3 aliphatic rings. The van der Waals surface area contributed by atoms with Gasteiger partial charge in [0.15, 0.2) is 0 Å². The van der Waals surface area contributed by atoms with Gasteiger partial charge in [0.05, 0.1) is 17.7 Å². The molecule has 0 aliphatic carbocycles. The molecule has 2 aromatic carbocycles. The van der Waals surface area contributed by atoms with Crippen molar-refractivity contribution in [2.45, 2.75) is 50.6 Å². The fourth-order valence-electron chi connectivity index (χ4n) is 5.76. The number of piperazine rings is 1. The Labute approximate surface area is 249 Å². The number of carbonyl (C=O) groups excluding carboxylic acids is 3. The molecule has 0 aromatic heterocycles. The molecule has 3 heterocycles. The summed E-state index contributed by atoms with van der Waals surface area (Å²) in [6.45, 7) is 1.14. The Morgan fingerprint density at radius 2 is 1.52 bits per heavy atom. The van der Waals surface area contributed by atoms with Crippen molar-refractivity contribution in [3.63, 3.8) is 0 Å². The van der Waals surface area contributed by atoms with Gasteiger partial charge in [-0.25, -0.2) is 4.79 Å². The molecule has 0 radical (unpaired) electrons. The number of halogens is 6. The Morgan fingerprint density at radius 3 is 2.14 bits per heavy atom. The SMILES string of the molecule is O=C1[C@H](CCN2CC=CC2)N2C(=O)CCN(C(=O)OCc3cc(C(F)(F)F)cc(C(F)(F)F)c3)[C@H]2CN1Cc1ccccc1. The van der Waals surface area contributed by atoms with E-state index in [2.05, 4.69) is 4.90 Å². The van der Waals surface area contributed by atoms with E-state index < -0.39 is 54.0 Å². The number of fused-ring (bicyclic) bond motifs is 1. The summed E-state index contributed by atoms with van der Waals surface area (Å²) in [5.74, 6) is -0.603. The van der Waals surface area contributed by atoms with E-state index in [9.17, 15) is 40.7 Å². The first-order chi connectivity index (χ1) is 20.8. The van der Waals surface area contributed by atoms with Crippen molar-refractivity contribution in [1.29, 1.82) is 0 Å². The molecule has 44 heavy (non-hydrogen) atoms. The first-order valence-corrected chi connectivity index (χ1v) is 14.0. The molecule has 3 amide bonds. The van der Waals surface area contributed by atoms with Crippen molar-refractivity contribution < 1.29 is 45.5 Å². The van der Waals surface area contributed by atoms with Crippen molar-refractivity contribution in [3.05, 3.63) is 82.9 Å². The molecule has 2 atom stereocenters. The fourth-order valence-corrected chi connectivity index (χ4v) is 5.76. The maximum absolute atomic E-state index is 13.7. The van der Waals surface area contributed by atoms with Crippen LogP contribution in [0.25, 0.3) is 0 Å². The Kier molecular flexibility index (Phi) is 8.91. The van der Waals surface area contributed by atoms with E-state index in [1.807, 2.05) is 42.5 Å². The van der Waals surface area contributed by atoms with Crippen molar-refractivity contribution in [3.8, 4) is 0 Å². The topological polar surface area (TPSA) is 73.4 Å². The Morgan fingerprint density at radius 1 is 0.886 bits per heavy atom. The third-order valence-corrected chi connectivity index (χ3v) is 7.92. The first kappa shape index (κ1) is 31.4. The molecule has 0 bridgehead atoms. The van der Waals surface area contributed by atoms with E-state index in [0.29, 0.717) is 38.2 Å².